The third-order valence-electron chi connectivity index (χ3n) is 1.79. The summed E-state index contributed by atoms with van der Waals surface area (Å²) in [5.41, 5.74) is 0.436. The molecule has 0 aliphatic carbocycles. The van der Waals surface area contributed by atoms with Gasteiger partial charge in [0, 0.05) is 6.54 Å². The fourth-order valence-electron chi connectivity index (χ4n) is 1.02. The van der Waals surface area contributed by atoms with Crippen LogP contribution in [0.4, 0.5) is 22.4 Å². The minimum atomic E-state index is -4.57. The summed E-state index contributed by atoms with van der Waals surface area (Å²) >= 11 is 5.48. The fourth-order valence-corrected chi connectivity index (χ4v) is 1.23. The fraction of sp³-hybridized carbons (Fsp3) is 0.300. The Balaban J connectivity index is 2.40. The molecule has 8 heteroatoms. The number of halogens is 5. The molecule has 0 bridgehead atoms. The van der Waals surface area contributed by atoms with Gasteiger partial charge in [-0.3, -0.25) is 0 Å². The van der Waals surface area contributed by atoms with E-state index in [0.29, 0.717) is 5.56 Å². The second-order valence-corrected chi connectivity index (χ2v) is 3.70. The van der Waals surface area contributed by atoms with E-state index in [1.807, 2.05) is 0 Å². The van der Waals surface area contributed by atoms with Gasteiger partial charge in [0.25, 0.3) is 0 Å². The standard InChI is InChI=1S/C10H8ClF4NO2/c11-7-3-6(1-2-8(7)12)4-16-9(17)18-5-10(13,14)15/h1-3H,4-5H2,(H,16,17). The van der Waals surface area contributed by atoms with Crippen LogP contribution in [0.1, 0.15) is 5.56 Å². The highest BCUT2D eigenvalue weighted by Gasteiger charge is 2.29. The smallest absolute Gasteiger partial charge is 0.422 e. The number of rotatable bonds is 3. The Kier molecular flexibility index (Phi) is 4.77. The summed E-state index contributed by atoms with van der Waals surface area (Å²) in [7, 11) is 0. The lowest BCUT2D eigenvalue weighted by atomic mass is 10.2. The zero-order valence-electron chi connectivity index (χ0n) is 8.85. The highest BCUT2D eigenvalue weighted by Crippen LogP contribution is 2.16. The number of hydrogen-bond acceptors (Lipinski definition) is 2. The summed E-state index contributed by atoms with van der Waals surface area (Å²) in [4.78, 5) is 10.9. The Morgan fingerprint density at radius 1 is 1.39 bits per heavy atom. The molecule has 0 unspecified atom stereocenters. The number of benzene rings is 1. The third-order valence-corrected chi connectivity index (χ3v) is 2.08. The molecular formula is C10H8ClF4NO2. The zero-order valence-corrected chi connectivity index (χ0v) is 9.61. The molecule has 0 radical (unpaired) electrons. The predicted molar refractivity (Wildman–Crippen MR) is 55.7 cm³/mol. The maximum absolute atomic E-state index is 12.8. The van der Waals surface area contributed by atoms with Crippen molar-refractivity contribution in [2.75, 3.05) is 6.61 Å². The third kappa shape index (κ3) is 5.22. The molecule has 1 amide bonds. The van der Waals surface area contributed by atoms with Gasteiger partial charge in [-0.15, -0.1) is 0 Å². The van der Waals surface area contributed by atoms with Gasteiger partial charge in [-0.2, -0.15) is 13.2 Å². The first-order chi connectivity index (χ1) is 8.28. The number of nitrogens with one attached hydrogen (secondary N) is 1. The van der Waals surface area contributed by atoms with E-state index in [-0.39, 0.29) is 11.6 Å². The van der Waals surface area contributed by atoms with Gasteiger partial charge < -0.3 is 10.1 Å². The highest BCUT2D eigenvalue weighted by molar-refractivity contribution is 6.30. The Bertz CT molecular complexity index is 436. The molecule has 3 nitrogen and oxygen atoms in total. The maximum atomic E-state index is 12.8. The SMILES string of the molecule is O=C(NCc1ccc(F)c(Cl)c1)OCC(F)(F)F. The number of amides is 1. The van der Waals surface area contributed by atoms with Crippen molar-refractivity contribution in [2.45, 2.75) is 12.7 Å². The second kappa shape index (κ2) is 5.90. The first-order valence-corrected chi connectivity index (χ1v) is 5.07. The van der Waals surface area contributed by atoms with Gasteiger partial charge in [0.1, 0.15) is 5.82 Å². The monoisotopic (exact) mass is 285 g/mol. The number of alkyl halides is 3. The Morgan fingerprint density at radius 2 is 2.06 bits per heavy atom. The molecule has 1 aromatic carbocycles. The molecular weight excluding hydrogens is 278 g/mol. The van der Waals surface area contributed by atoms with Crippen LogP contribution in [-0.2, 0) is 11.3 Å². The largest absolute Gasteiger partial charge is 0.440 e. The van der Waals surface area contributed by atoms with Gasteiger partial charge in [-0.05, 0) is 17.7 Å². The second-order valence-electron chi connectivity index (χ2n) is 3.29. The quantitative estimate of drug-likeness (QED) is 0.866. The summed E-state index contributed by atoms with van der Waals surface area (Å²) < 4.78 is 51.8. The molecule has 0 heterocycles. The van der Waals surface area contributed by atoms with Crippen LogP contribution < -0.4 is 5.32 Å². The van der Waals surface area contributed by atoms with E-state index >= 15 is 0 Å². The first kappa shape index (κ1) is 14.6. The van der Waals surface area contributed by atoms with Crippen molar-refractivity contribution in [2.24, 2.45) is 0 Å². The van der Waals surface area contributed by atoms with Crippen LogP contribution in [0.5, 0.6) is 0 Å². The average Bonchev–Trinajstić information content (AvgIpc) is 2.27. The molecule has 0 aliphatic heterocycles. The Labute approximate surface area is 105 Å². The van der Waals surface area contributed by atoms with Gasteiger partial charge in [-0.25, -0.2) is 9.18 Å². The van der Waals surface area contributed by atoms with Crippen molar-refractivity contribution in [3.05, 3.63) is 34.6 Å². The lowest BCUT2D eigenvalue weighted by Crippen LogP contribution is -2.28. The molecule has 0 saturated heterocycles. The van der Waals surface area contributed by atoms with Gasteiger partial charge in [0.15, 0.2) is 6.61 Å². The highest BCUT2D eigenvalue weighted by atomic mass is 35.5. The molecule has 18 heavy (non-hydrogen) atoms. The number of alkyl carbamates (subject to hydrolysis) is 1. The van der Waals surface area contributed by atoms with E-state index in [1.165, 1.54) is 12.1 Å². The Hall–Kier alpha value is -1.50. The average molecular weight is 286 g/mol. The van der Waals surface area contributed by atoms with E-state index < -0.39 is 24.7 Å². The van der Waals surface area contributed by atoms with Gasteiger partial charge in [0.2, 0.25) is 0 Å². The van der Waals surface area contributed by atoms with Crippen molar-refractivity contribution in [3.8, 4) is 0 Å². The van der Waals surface area contributed by atoms with Crippen LogP contribution in [0, 0.1) is 5.82 Å². The van der Waals surface area contributed by atoms with Crippen molar-refractivity contribution < 1.29 is 27.1 Å². The van der Waals surface area contributed by atoms with Gasteiger partial charge in [-0.1, -0.05) is 17.7 Å². The number of ether oxygens (including phenoxy) is 1. The molecule has 0 saturated carbocycles. The van der Waals surface area contributed by atoms with Crippen LogP contribution in [0.15, 0.2) is 18.2 Å². The van der Waals surface area contributed by atoms with Crippen molar-refractivity contribution in [1.29, 1.82) is 0 Å². The molecule has 100 valence electrons. The van der Waals surface area contributed by atoms with Crippen LogP contribution >= 0.6 is 11.6 Å². The lowest BCUT2D eigenvalue weighted by molar-refractivity contribution is -0.160. The van der Waals surface area contributed by atoms with Gasteiger partial charge in [0.05, 0.1) is 5.02 Å². The molecule has 0 fully saturated rings. The number of carbonyl (C=O) groups excluding carboxylic acids is 1. The summed E-state index contributed by atoms with van der Waals surface area (Å²) in [5.74, 6) is -0.625. The molecule has 0 atom stereocenters. The minimum Gasteiger partial charge on any atom is -0.440 e. The first-order valence-electron chi connectivity index (χ1n) is 4.69. The number of hydrogen-bond donors (Lipinski definition) is 1. The normalized spacial score (nSPS) is 11.2. The summed E-state index contributed by atoms with van der Waals surface area (Å²) in [6, 6.07) is 3.67. The molecule has 0 spiro atoms. The van der Waals surface area contributed by atoms with Gasteiger partial charge >= 0.3 is 12.3 Å². The van der Waals surface area contributed by atoms with E-state index in [9.17, 15) is 22.4 Å². The van der Waals surface area contributed by atoms with E-state index in [0.717, 1.165) is 6.07 Å². The summed E-state index contributed by atoms with van der Waals surface area (Å²) in [5, 5.41) is 1.94. The summed E-state index contributed by atoms with van der Waals surface area (Å²) in [6.07, 6.45) is -5.79. The predicted octanol–water partition coefficient (Wildman–Crippen LogP) is 3.27. The van der Waals surface area contributed by atoms with Crippen LogP contribution in [0.25, 0.3) is 0 Å². The van der Waals surface area contributed by atoms with Crippen molar-refractivity contribution >= 4 is 17.7 Å². The zero-order chi connectivity index (χ0) is 13.8. The van der Waals surface area contributed by atoms with Crippen LogP contribution in [0.2, 0.25) is 5.02 Å². The molecule has 1 rings (SSSR count). The lowest BCUT2D eigenvalue weighted by Gasteiger charge is -2.09. The van der Waals surface area contributed by atoms with E-state index in [4.69, 9.17) is 11.6 Å². The minimum absolute atomic E-state index is 0.114. The van der Waals surface area contributed by atoms with Crippen LogP contribution in [-0.4, -0.2) is 18.9 Å². The topological polar surface area (TPSA) is 38.3 Å². The molecule has 1 N–H and O–H groups in total. The van der Waals surface area contributed by atoms with Crippen LogP contribution in [0.3, 0.4) is 0 Å². The van der Waals surface area contributed by atoms with Crippen molar-refractivity contribution in [1.82, 2.24) is 5.32 Å². The summed E-state index contributed by atoms with van der Waals surface area (Å²) in [6.45, 7) is -1.78. The Morgan fingerprint density at radius 3 is 2.61 bits per heavy atom. The molecule has 1 aromatic rings. The molecule has 0 aromatic heterocycles. The van der Waals surface area contributed by atoms with Crippen molar-refractivity contribution in [3.63, 3.8) is 0 Å². The van der Waals surface area contributed by atoms with E-state index in [1.54, 1.807) is 0 Å². The van der Waals surface area contributed by atoms with E-state index in [2.05, 4.69) is 10.1 Å². The number of carbonyl (C=O) groups is 1. The molecule has 0 aliphatic rings. The maximum Gasteiger partial charge on any atom is 0.422 e.